The van der Waals surface area contributed by atoms with Gasteiger partial charge in [0.05, 0.1) is 12.1 Å². The predicted octanol–water partition coefficient (Wildman–Crippen LogP) is 0.779. The highest BCUT2D eigenvalue weighted by atomic mass is 16.3. The van der Waals surface area contributed by atoms with Crippen LogP contribution in [-0.4, -0.2) is 29.2 Å². The molecule has 0 aromatic rings. The fourth-order valence-corrected chi connectivity index (χ4v) is 1.90. The van der Waals surface area contributed by atoms with Crippen molar-refractivity contribution in [2.45, 2.75) is 64.6 Å². The van der Waals surface area contributed by atoms with Crippen LogP contribution in [-0.2, 0) is 4.79 Å². The lowest BCUT2D eigenvalue weighted by Crippen LogP contribution is -2.52. The van der Waals surface area contributed by atoms with Gasteiger partial charge in [-0.3, -0.25) is 4.79 Å². The zero-order valence-electron chi connectivity index (χ0n) is 10.5. The van der Waals surface area contributed by atoms with E-state index in [1.54, 1.807) is 0 Å². The Hall–Kier alpha value is -0.610. The van der Waals surface area contributed by atoms with E-state index in [0.29, 0.717) is 0 Å². The van der Waals surface area contributed by atoms with E-state index in [4.69, 9.17) is 5.73 Å². The van der Waals surface area contributed by atoms with Gasteiger partial charge in [0, 0.05) is 6.04 Å². The van der Waals surface area contributed by atoms with Crippen LogP contribution < -0.4 is 11.1 Å². The summed E-state index contributed by atoms with van der Waals surface area (Å²) in [7, 11) is 0. The van der Waals surface area contributed by atoms with Gasteiger partial charge in [0.2, 0.25) is 5.91 Å². The second-order valence-corrected chi connectivity index (χ2v) is 5.86. The molecule has 0 aromatic heterocycles. The van der Waals surface area contributed by atoms with E-state index >= 15 is 0 Å². The fourth-order valence-electron chi connectivity index (χ4n) is 1.90. The Morgan fingerprint density at radius 3 is 2.25 bits per heavy atom. The molecule has 1 aliphatic rings. The molecule has 1 amide bonds. The van der Waals surface area contributed by atoms with Crippen LogP contribution in [0.5, 0.6) is 0 Å². The molecule has 0 heterocycles. The molecule has 0 aromatic carbocycles. The molecule has 16 heavy (non-hydrogen) atoms. The standard InChI is InChI=1S/C12H24N2O2/c1-12(2,3)10(13)11(16)14-8-4-6-9(15)7-5-8/h8-10,15H,4-7,13H2,1-3H3,(H,14,16)/t8?,9?,10-/m1/s1. The third-order valence-corrected chi connectivity index (χ3v) is 3.26. The van der Waals surface area contributed by atoms with Crippen molar-refractivity contribution in [3.05, 3.63) is 0 Å². The Kier molecular flexibility index (Phi) is 4.33. The van der Waals surface area contributed by atoms with Crippen LogP contribution in [0.1, 0.15) is 46.5 Å². The second-order valence-electron chi connectivity index (χ2n) is 5.86. The quantitative estimate of drug-likeness (QED) is 0.654. The van der Waals surface area contributed by atoms with Crippen molar-refractivity contribution >= 4 is 5.91 Å². The summed E-state index contributed by atoms with van der Waals surface area (Å²) in [6, 6.07) is -0.288. The topological polar surface area (TPSA) is 75.4 Å². The van der Waals surface area contributed by atoms with Gasteiger partial charge in [0.1, 0.15) is 0 Å². The van der Waals surface area contributed by atoms with Crippen molar-refractivity contribution in [1.82, 2.24) is 5.32 Å². The number of aliphatic hydroxyl groups excluding tert-OH is 1. The van der Waals surface area contributed by atoms with E-state index in [1.807, 2.05) is 20.8 Å². The zero-order chi connectivity index (χ0) is 12.3. The van der Waals surface area contributed by atoms with Gasteiger partial charge in [-0.25, -0.2) is 0 Å². The molecule has 4 nitrogen and oxygen atoms in total. The first kappa shape index (κ1) is 13.5. The Balaban J connectivity index is 2.40. The van der Waals surface area contributed by atoms with Crippen molar-refractivity contribution in [2.24, 2.45) is 11.1 Å². The lowest BCUT2D eigenvalue weighted by atomic mass is 9.86. The molecule has 0 bridgehead atoms. The SMILES string of the molecule is CC(C)(C)[C@H](N)C(=O)NC1CCC(O)CC1. The van der Waals surface area contributed by atoms with Crippen molar-refractivity contribution in [3.63, 3.8) is 0 Å². The Bertz CT molecular complexity index is 240. The molecule has 1 atom stereocenters. The summed E-state index contributed by atoms with van der Waals surface area (Å²) in [6.07, 6.45) is 3.06. The maximum atomic E-state index is 11.8. The first-order chi connectivity index (χ1) is 7.30. The number of hydrogen-bond acceptors (Lipinski definition) is 3. The molecule has 94 valence electrons. The predicted molar refractivity (Wildman–Crippen MR) is 63.8 cm³/mol. The lowest BCUT2D eigenvalue weighted by molar-refractivity contribution is -0.125. The van der Waals surface area contributed by atoms with Crippen molar-refractivity contribution < 1.29 is 9.90 Å². The number of rotatable bonds is 2. The molecule has 0 spiro atoms. The molecule has 4 N–H and O–H groups in total. The third-order valence-electron chi connectivity index (χ3n) is 3.26. The summed E-state index contributed by atoms with van der Waals surface area (Å²) in [5.74, 6) is -0.0751. The summed E-state index contributed by atoms with van der Waals surface area (Å²) in [5, 5.41) is 12.3. The van der Waals surface area contributed by atoms with Crippen LogP contribution in [0.25, 0.3) is 0 Å². The molecular formula is C12H24N2O2. The number of amides is 1. The fraction of sp³-hybridized carbons (Fsp3) is 0.917. The van der Waals surface area contributed by atoms with Gasteiger partial charge < -0.3 is 16.2 Å². The van der Waals surface area contributed by atoms with E-state index in [2.05, 4.69) is 5.32 Å². The minimum absolute atomic E-state index is 0.0751. The van der Waals surface area contributed by atoms with E-state index in [1.165, 1.54) is 0 Å². The van der Waals surface area contributed by atoms with Crippen LogP contribution in [0, 0.1) is 5.41 Å². The maximum Gasteiger partial charge on any atom is 0.237 e. The van der Waals surface area contributed by atoms with Gasteiger partial charge in [0.15, 0.2) is 0 Å². The van der Waals surface area contributed by atoms with Crippen molar-refractivity contribution in [3.8, 4) is 0 Å². The molecule has 0 saturated heterocycles. The Morgan fingerprint density at radius 2 is 1.81 bits per heavy atom. The lowest BCUT2D eigenvalue weighted by Gasteiger charge is -2.30. The monoisotopic (exact) mass is 228 g/mol. The Morgan fingerprint density at radius 1 is 1.31 bits per heavy atom. The van der Waals surface area contributed by atoms with Gasteiger partial charge in [-0.05, 0) is 31.1 Å². The highest BCUT2D eigenvalue weighted by molar-refractivity contribution is 5.82. The summed E-state index contributed by atoms with van der Waals surface area (Å²) in [5.41, 5.74) is 5.67. The largest absolute Gasteiger partial charge is 0.393 e. The first-order valence-corrected chi connectivity index (χ1v) is 6.04. The van der Waals surface area contributed by atoms with Crippen LogP contribution in [0.2, 0.25) is 0 Å². The van der Waals surface area contributed by atoms with Crippen molar-refractivity contribution in [2.75, 3.05) is 0 Å². The molecular weight excluding hydrogens is 204 g/mol. The highest BCUT2D eigenvalue weighted by Gasteiger charge is 2.29. The number of carbonyl (C=O) groups is 1. The molecule has 0 aliphatic heterocycles. The average Bonchev–Trinajstić information content (AvgIpc) is 2.19. The minimum Gasteiger partial charge on any atom is -0.393 e. The Labute approximate surface area is 97.6 Å². The van der Waals surface area contributed by atoms with Crippen LogP contribution in [0.15, 0.2) is 0 Å². The first-order valence-electron chi connectivity index (χ1n) is 6.04. The summed E-state index contributed by atoms with van der Waals surface area (Å²) in [4.78, 5) is 11.8. The molecule has 1 aliphatic carbocycles. The normalized spacial score (nSPS) is 28.6. The molecule has 1 fully saturated rings. The smallest absolute Gasteiger partial charge is 0.237 e. The number of hydrogen-bond donors (Lipinski definition) is 3. The summed E-state index contributed by atoms with van der Waals surface area (Å²) < 4.78 is 0. The molecule has 0 radical (unpaired) electrons. The van der Waals surface area contributed by atoms with Crippen LogP contribution >= 0.6 is 0 Å². The average molecular weight is 228 g/mol. The maximum absolute atomic E-state index is 11.8. The van der Waals surface area contributed by atoms with Gasteiger partial charge in [-0.1, -0.05) is 20.8 Å². The number of carbonyl (C=O) groups excluding carboxylic acids is 1. The van der Waals surface area contributed by atoms with Crippen molar-refractivity contribution in [1.29, 1.82) is 0 Å². The van der Waals surface area contributed by atoms with E-state index in [-0.39, 0.29) is 23.5 Å². The van der Waals surface area contributed by atoms with E-state index in [0.717, 1.165) is 25.7 Å². The zero-order valence-corrected chi connectivity index (χ0v) is 10.5. The molecule has 4 heteroatoms. The number of nitrogens with two attached hydrogens (primary N) is 1. The molecule has 1 saturated carbocycles. The minimum atomic E-state index is -0.473. The molecule has 1 rings (SSSR count). The van der Waals surface area contributed by atoms with E-state index < -0.39 is 6.04 Å². The van der Waals surface area contributed by atoms with Crippen LogP contribution in [0.3, 0.4) is 0 Å². The van der Waals surface area contributed by atoms with Crippen LogP contribution in [0.4, 0.5) is 0 Å². The van der Waals surface area contributed by atoms with Gasteiger partial charge in [-0.2, -0.15) is 0 Å². The number of nitrogens with one attached hydrogen (secondary N) is 1. The van der Waals surface area contributed by atoms with Gasteiger partial charge in [-0.15, -0.1) is 0 Å². The summed E-state index contributed by atoms with van der Waals surface area (Å²) >= 11 is 0. The van der Waals surface area contributed by atoms with Gasteiger partial charge in [0.25, 0.3) is 0 Å². The van der Waals surface area contributed by atoms with Gasteiger partial charge >= 0.3 is 0 Å². The molecule has 0 unspecified atom stereocenters. The number of aliphatic hydroxyl groups is 1. The highest BCUT2D eigenvalue weighted by Crippen LogP contribution is 2.20. The van der Waals surface area contributed by atoms with E-state index in [9.17, 15) is 9.90 Å². The third kappa shape index (κ3) is 3.76. The summed E-state index contributed by atoms with van der Waals surface area (Å²) in [6.45, 7) is 5.88. The second kappa shape index (κ2) is 5.15.